The van der Waals surface area contributed by atoms with E-state index in [0.29, 0.717) is 12.5 Å². The highest BCUT2D eigenvalue weighted by Gasteiger charge is 2.08. The molecular weight excluding hydrogens is 254 g/mol. The summed E-state index contributed by atoms with van der Waals surface area (Å²) >= 11 is 0. The third-order valence-corrected chi connectivity index (χ3v) is 2.86. The van der Waals surface area contributed by atoms with Gasteiger partial charge in [-0.2, -0.15) is 5.10 Å². The maximum absolute atomic E-state index is 4.30. The van der Waals surface area contributed by atoms with Gasteiger partial charge in [0.25, 0.3) is 0 Å². The van der Waals surface area contributed by atoms with E-state index < -0.39 is 0 Å². The smallest absolute Gasteiger partial charge is 0.148 e. The van der Waals surface area contributed by atoms with E-state index in [1.165, 1.54) is 0 Å². The number of hydrogen-bond donors (Lipinski definition) is 1. The first-order valence-electron chi connectivity index (χ1n) is 7.15. The molecule has 0 saturated heterocycles. The van der Waals surface area contributed by atoms with Gasteiger partial charge in [0.1, 0.15) is 18.7 Å². The van der Waals surface area contributed by atoms with Gasteiger partial charge < -0.3 is 5.32 Å². The molecule has 0 saturated carbocycles. The first-order chi connectivity index (χ1) is 9.69. The fourth-order valence-corrected chi connectivity index (χ4v) is 1.94. The van der Waals surface area contributed by atoms with Crippen LogP contribution in [0, 0.1) is 5.92 Å². The normalized spacial score (nSPS) is 11.4. The summed E-state index contributed by atoms with van der Waals surface area (Å²) in [4.78, 5) is 4.30. The maximum Gasteiger partial charge on any atom is 0.148 e. The molecule has 2 aromatic heterocycles. The Morgan fingerprint density at radius 2 is 2.20 bits per heavy atom. The molecule has 0 aliphatic carbocycles. The van der Waals surface area contributed by atoms with Crippen LogP contribution >= 0.6 is 0 Å². The van der Waals surface area contributed by atoms with Crippen LogP contribution in [0.4, 0.5) is 0 Å². The zero-order valence-corrected chi connectivity index (χ0v) is 12.5. The van der Waals surface area contributed by atoms with E-state index in [2.05, 4.69) is 46.5 Å². The van der Waals surface area contributed by atoms with Gasteiger partial charge in [0.2, 0.25) is 0 Å². The molecule has 0 aliphatic rings. The van der Waals surface area contributed by atoms with E-state index in [9.17, 15) is 0 Å². The minimum absolute atomic E-state index is 0.542. The SMILES string of the molecule is CCCNCc1cn(Cc2ncnn2CC(C)C)nn1. The molecule has 0 amide bonds. The summed E-state index contributed by atoms with van der Waals surface area (Å²) in [5.41, 5.74) is 0.952. The number of aromatic nitrogens is 6. The van der Waals surface area contributed by atoms with Crippen LogP contribution in [0.25, 0.3) is 0 Å². The largest absolute Gasteiger partial charge is 0.311 e. The monoisotopic (exact) mass is 277 g/mol. The zero-order chi connectivity index (χ0) is 14.4. The molecule has 0 fully saturated rings. The number of rotatable bonds is 8. The molecule has 20 heavy (non-hydrogen) atoms. The molecule has 2 aromatic rings. The van der Waals surface area contributed by atoms with Crippen molar-refractivity contribution >= 4 is 0 Å². The van der Waals surface area contributed by atoms with Crippen molar-refractivity contribution in [2.24, 2.45) is 5.92 Å². The lowest BCUT2D eigenvalue weighted by Gasteiger charge is -2.07. The quantitative estimate of drug-likeness (QED) is 0.731. The third kappa shape index (κ3) is 4.12. The van der Waals surface area contributed by atoms with Crippen molar-refractivity contribution in [1.29, 1.82) is 0 Å². The van der Waals surface area contributed by atoms with Gasteiger partial charge in [0.05, 0.1) is 11.9 Å². The molecule has 0 atom stereocenters. The Balaban J connectivity index is 1.94. The van der Waals surface area contributed by atoms with Gasteiger partial charge >= 0.3 is 0 Å². The van der Waals surface area contributed by atoms with E-state index in [1.54, 1.807) is 6.33 Å². The molecule has 0 aliphatic heterocycles. The molecule has 1 N–H and O–H groups in total. The maximum atomic E-state index is 4.30. The number of nitrogens with zero attached hydrogens (tertiary/aromatic N) is 6. The van der Waals surface area contributed by atoms with Gasteiger partial charge in [-0.15, -0.1) is 5.10 Å². The molecule has 2 heterocycles. The predicted octanol–water partition coefficient (Wildman–Crippen LogP) is 1.07. The average Bonchev–Trinajstić information content (AvgIpc) is 3.00. The van der Waals surface area contributed by atoms with Crippen LogP contribution in [0.2, 0.25) is 0 Å². The van der Waals surface area contributed by atoms with Crippen molar-refractivity contribution in [3.63, 3.8) is 0 Å². The summed E-state index contributed by atoms with van der Waals surface area (Å²) in [6.45, 7) is 9.70. The van der Waals surface area contributed by atoms with Crippen LogP contribution < -0.4 is 5.32 Å². The second kappa shape index (κ2) is 7.14. The number of nitrogens with one attached hydrogen (secondary N) is 1. The van der Waals surface area contributed by atoms with Crippen molar-refractivity contribution in [1.82, 2.24) is 35.1 Å². The van der Waals surface area contributed by atoms with Crippen LogP contribution in [-0.2, 0) is 19.6 Å². The molecule has 0 aromatic carbocycles. The average molecular weight is 277 g/mol. The fourth-order valence-electron chi connectivity index (χ4n) is 1.94. The summed E-state index contributed by atoms with van der Waals surface area (Å²) in [7, 11) is 0. The Morgan fingerprint density at radius 1 is 1.35 bits per heavy atom. The summed E-state index contributed by atoms with van der Waals surface area (Å²) in [5, 5.41) is 15.9. The van der Waals surface area contributed by atoms with Crippen LogP contribution in [-0.4, -0.2) is 36.3 Å². The highest BCUT2D eigenvalue weighted by atomic mass is 15.4. The molecule has 0 unspecified atom stereocenters. The third-order valence-electron chi connectivity index (χ3n) is 2.86. The topological polar surface area (TPSA) is 73.5 Å². The van der Waals surface area contributed by atoms with Crippen LogP contribution in [0.3, 0.4) is 0 Å². The minimum atomic E-state index is 0.542. The Bertz CT molecular complexity index is 514. The van der Waals surface area contributed by atoms with E-state index in [4.69, 9.17) is 0 Å². The first kappa shape index (κ1) is 14.6. The summed E-state index contributed by atoms with van der Waals surface area (Å²) in [6, 6.07) is 0. The van der Waals surface area contributed by atoms with E-state index in [-0.39, 0.29) is 0 Å². The predicted molar refractivity (Wildman–Crippen MR) is 76.0 cm³/mol. The second-order valence-corrected chi connectivity index (χ2v) is 5.34. The highest BCUT2D eigenvalue weighted by Crippen LogP contribution is 2.03. The van der Waals surface area contributed by atoms with Crippen LogP contribution in [0.1, 0.15) is 38.7 Å². The lowest BCUT2D eigenvalue weighted by molar-refractivity contribution is 0.455. The van der Waals surface area contributed by atoms with Gasteiger partial charge in [-0.3, -0.25) is 0 Å². The number of hydrogen-bond acceptors (Lipinski definition) is 5. The van der Waals surface area contributed by atoms with Crippen LogP contribution in [0.15, 0.2) is 12.5 Å². The Labute approximate surface area is 119 Å². The van der Waals surface area contributed by atoms with Crippen molar-refractivity contribution in [3.05, 3.63) is 24.0 Å². The summed E-state index contributed by atoms with van der Waals surface area (Å²) in [5.74, 6) is 1.46. The lowest BCUT2D eigenvalue weighted by Crippen LogP contribution is -2.14. The van der Waals surface area contributed by atoms with Crippen molar-refractivity contribution in [2.45, 2.75) is 46.8 Å². The van der Waals surface area contributed by atoms with Crippen molar-refractivity contribution in [2.75, 3.05) is 6.54 Å². The molecule has 2 rings (SSSR count). The standard InChI is InChI=1S/C13H23N7/c1-4-5-14-6-12-8-19(18-17-12)9-13-15-10-16-20(13)7-11(2)3/h8,10-11,14H,4-7,9H2,1-3H3. The fraction of sp³-hybridized carbons (Fsp3) is 0.692. The van der Waals surface area contributed by atoms with Crippen molar-refractivity contribution in [3.8, 4) is 0 Å². The van der Waals surface area contributed by atoms with E-state index in [0.717, 1.165) is 37.6 Å². The van der Waals surface area contributed by atoms with Gasteiger partial charge in [-0.05, 0) is 18.9 Å². The van der Waals surface area contributed by atoms with Gasteiger partial charge in [0, 0.05) is 13.1 Å². The Kier molecular flexibility index (Phi) is 5.23. The minimum Gasteiger partial charge on any atom is -0.311 e. The van der Waals surface area contributed by atoms with Crippen LogP contribution in [0.5, 0.6) is 0 Å². The van der Waals surface area contributed by atoms with E-state index >= 15 is 0 Å². The molecule has 0 bridgehead atoms. The molecule has 7 heteroatoms. The molecule has 110 valence electrons. The van der Waals surface area contributed by atoms with Gasteiger partial charge in [-0.1, -0.05) is 26.0 Å². The summed E-state index contributed by atoms with van der Waals surface area (Å²) < 4.78 is 3.74. The summed E-state index contributed by atoms with van der Waals surface area (Å²) in [6.07, 6.45) is 4.67. The zero-order valence-electron chi connectivity index (χ0n) is 12.5. The lowest BCUT2D eigenvalue weighted by atomic mass is 10.2. The Morgan fingerprint density at radius 3 is 2.95 bits per heavy atom. The second-order valence-electron chi connectivity index (χ2n) is 5.34. The molecular formula is C13H23N7. The molecule has 0 radical (unpaired) electrons. The van der Waals surface area contributed by atoms with Gasteiger partial charge in [-0.25, -0.2) is 14.3 Å². The van der Waals surface area contributed by atoms with Gasteiger partial charge in [0.15, 0.2) is 0 Å². The Hall–Kier alpha value is -1.76. The van der Waals surface area contributed by atoms with Crippen molar-refractivity contribution < 1.29 is 0 Å². The molecule has 7 nitrogen and oxygen atoms in total. The first-order valence-corrected chi connectivity index (χ1v) is 7.15. The molecule has 0 spiro atoms. The highest BCUT2D eigenvalue weighted by molar-refractivity contribution is 4.94. The van der Waals surface area contributed by atoms with E-state index in [1.807, 2.05) is 15.6 Å².